The minimum absolute atomic E-state index is 0.137. The Labute approximate surface area is 144 Å². The fraction of sp³-hybridized carbons (Fsp3) is 0.222. The summed E-state index contributed by atoms with van der Waals surface area (Å²) >= 11 is 6.14. The van der Waals surface area contributed by atoms with E-state index >= 15 is 0 Å². The number of aliphatic hydroxyl groups excluding tert-OH is 1. The molecule has 2 atom stereocenters. The van der Waals surface area contributed by atoms with E-state index in [1.54, 1.807) is 42.1 Å². The minimum atomic E-state index is -1.09. The number of aliphatic hydroxyl groups is 1. The highest BCUT2D eigenvalue weighted by molar-refractivity contribution is 6.30. The summed E-state index contributed by atoms with van der Waals surface area (Å²) < 4.78 is 0. The van der Waals surface area contributed by atoms with Crippen LogP contribution in [-0.4, -0.2) is 34.8 Å². The summed E-state index contributed by atoms with van der Waals surface area (Å²) in [7, 11) is 1.69. The molecule has 4 rings (SSSR count). The van der Waals surface area contributed by atoms with E-state index in [0.29, 0.717) is 16.3 Å². The van der Waals surface area contributed by atoms with Crippen LogP contribution < -0.4 is 5.01 Å². The number of carbonyl (C=O) groups is 1. The van der Waals surface area contributed by atoms with Gasteiger partial charge in [0.1, 0.15) is 6.10 Å². The molecule has 0 aromatic heterocycles. The molecule has 1 spiro atoms. The number of nitrogens with zero attached hydrogens (tertiary/aromatic N) is 3. The molecule has 2 aromatic carbocycles. The molecule has 24 heavy (non-hydrogen) atoms. The Balaban J connectivity index is 2.00. The summed E-state index contributed by atoms with van der Waals surface area (Å²) in [5.41, 5.74) is 1.49. The van der Waals surface area contributed by atoms with Crippen LogP contribution in [0.1, 0.15) is 22.8 Å². The second-order valence-electron chi connectivity index (χ2n) is 6.07. The number of halogens is 1. The van der Waals surface area contributed by atoms with E-state index < -0.39 is 11.8 Å². The zero-order valence-corrected chi connectivity index (χ0v) is 14.0. The topological polar surface area (TPSA) is 56.1 Å². The maximum absolute atomic E-state index is 12.8. The van der Waals surface area contributed by atoms with Gasteiger partial charge in [-0.3, -0.25) is 4.79 Å². The predicted molar refractivity (Wildman–Crippen MR) is 93.3 cm³/mol. The molecule has 0 bridgehead atoms. The summed E-state index contributed by atoms with van der Waals surface area (Å²) in [5, 5.41) is 17.8. The Kier molecular flexibility index (Phi) is 3.20. The van der Waals surface area contributed by atoms with Crippen LogP contribution in [-0.2, 0) is 5.66 Å². The average molecular weight is 342 g/mol. The number of likely N-dealkylation sites (N-methyl/N-ethyl adjacent to an activating group) is 1. The predicted octanol–water partition coefficient (Wildman–Crippen LogP) is 2.84. The molecule has 0 aliphatic carbocycles. The highest BCUT2D eigenvalue weighted by Gasteiger charge is 2.60. The molecule has 6 heteroatoms. The van der Waals surface area contributed by atoms with Crippen LogP contribution in [0.25, 0.3) is 0 Å². The number of fused-ring (bicyclic) bond motifs is 2. The molecule has 2 heterocycles. The second-order valence-corrected chi connectivity index (χ2v) is 6.51. The number of hydrogen-bond acceptors (Lipinski definition) is 4. The van der Waals surface area contributed by atoms with Crippen LogP contribution in [0.5, 0.6) is 0 Å². The van der Waals surface area contributed by atoms with E-state index in [4.69, 9.17) is 11.6 Å². The van der Waals surface area contributed by atoms with Crippen molar-refractivity contribution in [2.75, 3.05) is 12.1 Å². The van der Waals surface area contributed by atoms with Crippen LogP contribution in [0.4, 0.5) is 5.69 Å². The van der Waals surface area contributed by atoms with Gasteiger partial charge >= 0.3 is 0 Å². The smallest absolute Gasteiger partial charge is 0.256 e. The summed E-state index contributed by atoms with van der Waals surface area (Å²) in [5.74, 6) is -0.137. The molecule has 0 unspecified atom stereocenters. The zero-order valence-electron chi connectivity index (χ0n) is 13.3. The molecule has 122 valence electrons. The molecule has 0 radical (unpaired) electrons. The molecule has 1 N–H and O–H groups in total. The Bertz CT molecular complexity index is 882. The van der Waals surface area contributed by atoms with Crippen molar-refractivity contribution in [3.63, 3.8) is 0 Å². The lowest BCUT2D eigenvalue weighted by Gasteiger charge is -2.42. The van der Waals surface area contributed by atoms with Gasteiger partial charge in [0.25, 0.3) is 5.91 Å². The first kappa shape index (κ1) is 15.2. The Morgan fingerprint density at radius 1 is 1.21 bits per heavy atom. The summed E-state index contributed by atoms with van der Waals surface area (Å²) in [6, 6.07) is 14.6. The molecular formula is C18H16ClN3O2. The fourth-order valence-electron chi connectivity index (χ4n) is 3.65. The van der Waals surface area contributed by atoms with Gasteiger partial charge in [0.05, 0.1) is 11.4 Å². The number of benzene rings is 2. The van der Waals surface area contributed by atoms with Crippen molar-refractivity contribution in [3.05, 3.63) is 64.7 Å². The molecule has 2 aliphatic rings. The lowest BCUT2D eigenvalue weighted by molar-refractivity contribution is 0.0295. The summed E-state index contributed by atoms with van der Waals surface area (Å²) in [6.45, 7) is 1.76. The van der Waals surface area contributed by atoms with Crippen LogP contribution in [0.2, 0.25) is 5.02 Å². The van der Waals surface area contributed by atoms with Crippen molar-refractivity contribution in [2.45, 2.75) is 18.7 Å². The molecule has 5 nitrogen and oxygen atoms in total. The summed E-state index contributed by atoms with van der Waals surface area (Å²) in [4.78, 5) is 14.3. The number of carbonyl (C=O) groups excluding carboxylic acids is 1. The number of amides is 1. The van der Waals surface area contributed by atoms with Crippen molar-refractivity contribution in [1.29, 1.82) is 0 Å². The van der Waals surface area contributed by atoms with Gasteiger partial charge in [-0.2, -0.15) is 5.10 Å². The maximum Gasteiger partial charge on any atom is 0.256 e. The highest BCUT2D eigenvalue weighted by Crippen LogP contribution is 2.48. The molecule has 1 amide bonds. The number of hydrazone groups is 1. The molecule has 0 saturated heterocycles. The van der Waals surface area contributed by atoms with E-state index in [1.165, 1.54) is 0 Å². The van der Waals surface area contributed by atoms with E-state index in [1.807, 2.05) is 30.3 Å². The Morgan fingerprint density at radius 2 is 1.96 bits per heavy atom. The van der Waals surface area contributed by atoms with Crippen LogP contribution in [0.15, 0.2) is 53.6 Å². The van der Waals surface area contributed by atoms with Crippen LogP contribution in [0.3, 0.4) is 0 Å². The van der Waals surface area contributed by atoms with E-state index in [-0.39, 0.29) is 5.91 Å². The van der Waals surface area contributed by atoms with Crippen molar-refractivity contribution >= 4 is 28.9 Å². The molecule has 0 fully saturated rings. The lowest BCUT2D eigenvalue weighted by atomic mass is 9.91. The third-order valence-electron chi connectivity index (χ3n) is 4.78. The normalized spacial score (nSPS) is 25.4. The first-order valence-corrected chi connectivity index (χ1v) is 8.02. The van der Waals surface area contributed by atoms with E-state index in [2.05, 4.69) is 5.10 Å². The SMILES string of the molecule is CC1=NN(c2cccc(Cl)c2)[C@@]2(c3ccccc3C(=O)N2C)[C@@H]1O. The zero-order chi connectivity index (χ0) is 17.1. The van der Waals surface area contributed by atoms with Gasteiger partial charge in [-0.1, -0.05) is 35.9 Å². The molecular weight excluding hydrogens is 326 g/mol. The van der Waals surface area contributed by atoms with Gasteiger partial charge in [0.2, 0.25) is 0 Å². The third kappa shape index (κ3) is 1.74. The van der Waals surface area contributed by atoms with Crippen molar-refractivity contribution in [2.24, 2.45) is 5.10 Å². The summed E-state index contributed by atoms with van der Waals surface area (Å²) in [6.07, 6.45) is -0.936. The first-order chi connectivity index (χ1) is 11.5. The van der Waals surface area contributed by atoms with Crippen molar-refractivity contribution < 1.29 is 9.90 Å². The van der Waals surface area contributed by atoms with E-state index in [9.17, 15) is 9.90 Å². The van der Waals surface area contributed by atoms with Gasteiger partial charge < -0.3 is 10.0 Å². The number of hydrogen-bond donors (Lipinski definition) is 1. The third-order valence-corrected chi connectivity index (χ3v) is 5.02. The Morgan fingerprint density at radius 3 is 2.71 bits per heavy atom. The van der Waals surface area contributed by atoms with Gasteiger partial charge in [-0.15, -0.1) is 0 Å². The fourth-order valence-corrected chi connectivity index (χ4v) is 3.84. The van der Waals surface area contributed by atoms with Crippen molar-refractivity contribution in [3.8, 4) is 0 Å². The van der Waals surface area contributed by atoms with Crippen molar-refractivity contribution in [1.82, 2.24) is 4.90 Å². The van der Waals surface area contributed by atoms with E-state index in [0.717, 1.165) is 11.3 Å². The maximum atomic E-state index is 12.8. The lowest BCUT2D eigenvalue weighted by Crippen LogP contribution is -2.58. The average Bonchev–Trinajstić information content (AvgIpc) is 2.98. The number of rotatable bonds is 1. The molecule has 2 aliphatic heterocycles. The van der Waals surface area contributed by atoms with Crippen LogP contribution in [0, 0.1) is 0 Å². The monoisotopic (exact) mass is 341 g/mol. The van der Waals surface area contributed by atoms with Gasteiger partial charge in [0.15, 0.2) is 5.66 Å². The molecule has 0 saturated carbocycles. The second kappa shape index (κ2) is 5.06. The van der Waals surface area contributed by atoms with Crippen LogP contribution >= 0.6 is 11.6 Å². The number of anilines is 1. The Hall–Kier alpha value is -2.37. The molecule has 2 aromatic rings. The van der Waals surface area contributed by atoms with Gasteiger partial charge in [-0.25, -0.2) is 5.01 Å². The quantitative estimate of drug-likeness (QED) is 0.867. The highest BCUT2D eigenvalue weighted by atomic mass is 35.5. The van der Waals surface area contributed by atoms with Gasteiger partial charge in [0, 0.05) is 23.2 Å². The largest absolute Gasteiger partial charge is 0.382 e. The van der Waals surface area contributed by atoms with Gasteiger partial charge in [-0.05, 0) is 31.2 Å². The first-order valence-electron chi connectivity index (χ1n) is 7.64. The standard InChI is InChI=1S/C18H16ClN3O2/c1-11-16(23)18(22(20-11)13-7-5-6-12(19)10-13)15-9-4-3-8-14(15)17(24)21(18)2/h3-10,16,23H,1-2H3/t16-,18+/m1/s1. The minimum Gasteiger partial charge on any atom is -0.382 e.